The fourth-order valence-electron chi connectivity index (χ4n) is 3.62. The number of aromatic nitrogens is 4. The van der Waals surface area contributed by atoms with Crippen LogP contribution in [0.5, 0.6) is 0 Å². The van der Waals surface area contributed by atoms with Gasteiger partial charge in [0.1, 0.15) is 0 Å². The second kappa shape index (κ2) is 10.0. The van der Waals surface area contributed by atoms with Gasteiger partial charge in [-0.1, -0.05) is 36.8 Å². The summed E-state index contributed by atoms with van der Waals surface area (Å²) in [7, 11) is 0. The lowest BCUT2D eigenvalue weighted by molar-refractivity contribution is 0.0674. The number of hydrogen-bond donors (Lipinski definition) is 2. The first-order valence-electron chi connectivity index (χ1n) is 11.2. The summed E-state index contributed by atoms with van der Waals surface area (Å²) in [5.41, 5.74) is 3.76. The van der Waals surface area contributed by atoms with Gasteiger partial charge in [-0.05, 0) is 86.7 Å². The minimum Gasteiger partial charge on any atom is -0.390 e. The molecule has 3 rings (SSSR count). The molecular formula is C25H33N5O2. The summed E-state index contributed by atoms with van der Waals surface area (Å²) in [5, 5.41) is 25.0. The number of hydrogen-bond acceptors (Lipinski definition) is 5. The molecule has 0 fully saturated rings. The van der Waals surface area contributed by atoms with Crippen molar-refractivity contribution in [3.63, 3.8) is 0 Å². The van der Waals surface area contributed by atoms with Crippen molar-refractivity contribution < 1.29 is 9.90 Å². The summed E-state index contributed by atoms with van der Waals surface area (Å²) >= 11 is 0. The largest absolute Gasteiger partial charge is 0.390 e. The first-order chi connectivity index (χ1) is 15.2. The van der Waals surface area contributed by atoms with Crippen LogP contribution < -0.4 is 5.32 Å². The summed E-state index contributed by atoms with van der Waals surface area (Å²) in [6.07, 6.45) is 3.01. The zero-order valence-corrected chi connectivity index (χ0v) is 19.6. The molecule has 0 saturated heterocycles. The van der Waals surface area contributed by atoms with Gasteiger partial charge >= 0.3 is 0 Å². The van der Waals surface area contributed by atoms with Crippen LogP contribution in [-0.2, 0) is 6.42 Å². The fraction of sp³-hybridized carbons (Fsp3) is 0.440. The van der Waals surface area contributed by atoms with Crippen LogP contribution in [0.4, 0.5) is 0 Å². The van der Waals surface area contributed by atoms with Crippen LogP contribution in [0.1, 0.15) is 68.7 Å². The second-order valence-corrected chi connectivity index (χ2v) is 9.07. The summed E-state index contributed by atoms with van der Waals surface area (Å²) in [6.45, 7) is 9.64. The minimum atomic E-state index is -0.691. The van der Waals surface area contributed by atoms with Crippen LogP contribution >= 0.6 is 0 Å². The number of nitrogens with zero attached hydrogens (tertiary/aromatic N) is 4. The van der Waals surface area contributed by atoms with Gasteiger partial charge in [-0.15, -0.1) is 5.10 Å². The SMILES string of the molecule is CCc1nnnn1-c1cc(C(=O)NC(C)CCCC(C)(C)O)cc(-c2ccc(C)cc2)c1. The molecule has 1 aromatic heterocycles. The van der Waals surface area contributed by atoms with E-state index >= 15 is 0 Å². The van der Waals surface area contributed by atoms with Crippen molar-refractivity contribution in [2.75, 3.05) is 0 Å². The van der Waals surface area contributed by atoms with Crippen LogP contribution in [0.3, 0.4) is 0 Å². The van der Waals surface area contributed by atoms with Crippen molar-refractivity contribution in [2.24, 2.45) is 0 Å². The molecular weight excluding hydrogens is 402 g/mol. The van der Waals surface area contributed by atoms with Gasteiger partial charge in [0.05, 0.1) is 11.3 Å². The highest BCUT2D eigenvalue weighted by molar-refractivity contribution is 5.96. The maximum Gasteiger partial charge on any atom is 0.251 e. The Kier molecular flexibility index (Phi) is 7.40. The molecule has 1 heterocycles. The maximum atomic E-state index is 13.1. The predicted molar refractivity (Wildman–Crippen MR) is 126 cm³/mol. The van der Waals surface area contributed by atoms with Gasteiger partial charge < -0.3 is 10.4 Å². The second-order valence-electron chi connectivity index (χ2n) is 9.07. The molecule has 32 heavy (non-hydrogen) atoms. The molecule has 1 amide bonds. The molecule has 1 atom stereocenters. The number of tetrazole rings is 1. The summed E-state index contributed by atoms with van der Waals surface area (Å²) in [5.74, 6) is 0.597. The molecule has 7 nitrogen and oxygen atoms in total. The van der Waals surface area contributed by atoms with E-state index in [2.05, 4.69) is 45.1 Å². The van der Waals surface area contributed by atoms with Gasteiger partial charge in [-0.2, -0.15) is 4.68 Å². The molecule has 0 bridgehead atoms. The van der Waals surface area contributed by atoms with Gasteiger partial charge in [-0.3, -0.25) is 4.79 Å². The average Bonchev–Trinajstić information content (AvgIpc) is 3.22. The molecule has 170 valence electrons. The van der Waals surface area contributed by atoms with Crippen molar-refractivity contribution in [3.8, 4) is 16.8 Å². The summed E-state index contributed by atoms with van der Waals surface area (Å²) in [6, 6.07) is 13.9. The molecule has 0 aliphatic carbocycles. The van der Waals surface area contributed by atoms with Crippen LogP contribution in [0, 0.1) is 6.92 Å². The first kappa shape index (κ1) is 23.6. The summed E-state index contributed by atoms with van der Waals surface area (Å²) < 4.78 is 1.68. The topological polar surface area (TPSA) is 92.9 Å². The predicted octanol–water partition coefficient (Wildman–Crippen LogP) is 4.26. The van der Waals surface area contributed by atoms with Crippen molar-refractivity contribution in [2.45, 2.75) is 71.9 Å². The smallest absolute Gasteiger partial charge is 0.251 e. The third-order valence-electron chi connectivity index (χ3n) is 5.46. The highest BCUT2D eigenvalue weighted by atomic mass is 16.3. The highest BCUT2D eigenvalue weighted by Gasteiger charge is 2.17. The highest BCUT2D eigenvalue weighted by Crippen LogP contribution is 2.25. The third-order valence-corrected chi connectivity index (χ3v) is 5.46. The Hall–Kier alpha value is -3.06. The number of rotatable bonds is 9. The Morgan fingerprint density at radius 1 is 1.16 bits per heavy atom. The quantitative estimate of drug-likeness (QED) is 0.524. The lowest BCUT2D eigenvalue weighted by atomic mass is 9.99. The standard InChI is InChI=1S/C25H33N5O2/c1-6-23-27-28-29-30(23)22-15-20(19-11-9-17(2)10-12-19)14-21(16-22)24(31)26-18(3)8-7-13-25(4,5)32/h9-12,14-16,18,32H,6-8,13H2,1-5H3,(H,26,31). The van der Waals surface area contributed by atoms with Crippen LogP contribution in [0.25, 0.3) is 16.8 Å². The molecule has 0 spiro atoms. The van der Waals surface area contributed by atoms with E-state index in [1.165, 1.54) is 5.56 Å². The van der Waals surface area contributed by atoms with Crippen LogP contribution in [-0.4, -0.2) is 42.9 Å². The average molecular weight is 436 g/mol. The molecule has 7 heteroatoms. The molecule has 3 aromatic rings. The minimum absolute atomic E-state index is 0.00410. The molecule has 1 unspecified atom stereocenters. The Morgan fingerprint density at radius 2 is 1.88 bits per heavy atom. The molecule has 2 N–H and O–H groups in total. The number of nitrogens with one attached hydrogen (secondary N) is 1. The van der Waals surface area contributed by atoms with Crippen LogP contribution in [0.15, 0.2) is 42.5 Å². The van der Waals surface area contributed by atoms with Gasteiger partial charge in [0.2, 0.25) is 0 Å². The molecule has 0 saturated carbocycles. The van der Waals surface area contributed by atoms with Crippen molar-refractivity contribution in [3.05, 3.63) is 59.4 Å². The number of carbonyl (C=O) groups excluding carboxylic acids is 1. The van der Waals surface area contributed by atoms with E-state index < -0.39 is 5.60 Å². The van der Waals surface area contributed by atoms with Crippen LogP contribution in [0.2, 0.25) is 0 Å². The number of benzene rings is 2. The molecule has 0 radical (unpaired) electrons. The molecule has 0 aliphatic heterocycles. The Labute approximate surface area is 189 Å². The Morgan fingerprint density at radius 3 is 2.53 bits per heavy atom. The van der Waals surface area contributed by atoms with Crippen molar-refractivity contribution in [1.82, 2.24) is 25.5 Å². The van der Waals surface area contributed by atoms with Crippen molar-refractivity contribution >= 4 is 5.91 Å². The van der Waals surface area contributed by atoms with E-state index in [1.807, 2.05) is 39.0 Å². The van der Waals surface area contributed by atoms with E-state index in [0.29, 0.717) is 18.4 Å². The monoisotopic (exact) mass is 435 g/mol. The van der Waals surface area contributed by atoms with Gasteiger partial charge in [0.25, 0.3) is 5.91 Å². The third kappa shape index (κ3) is 6.23. The van der Waals surface area contributed by atoms with E-state index in [4.69, 9.17) is 0 Å². The van der Waals surface area contributed by atoms with E-state index in [9.17, 15) is 9.90 Å². The first-order valence-corrected chi connectivity index (χ1v) is 11.2. The van der Waals surface area contributed by atoms with Gasteiger partial charge in [-0.25, -0.2) is 0 Å². The zero-order valence-electron chi connectivity index (χ0n) is 19.6. The van der Waals surface area contributed by atoms with Gasteiger partial charge in [0.15, 0.2) is 5.82 Å². The normalized spacial score (nSPS) is 12.6. The van der Waals surface area contributed by atoms with E-state index in [1.54, 1.807) is 18.5 Å². The Bertz CT molecular complexity index is 1050. The summed E-state index contributed by atoms with van der Waals surface area (Å²) in [4.78, 5) is 13.1. The number of carbonyl (C=O) groups is 1. The zero-order chi connectivity index (χ0) is 23.3. The fourth-order valence-corrected chi connectivity index (χ4v) is 3.62. The lowest BCUT2D eigenvalue weighted by Gasteiger charge is -2.19. The van der Waals surface area contributed by atoms with E-state index in [-0.39, 0.29) is 11.9 Å². The molecule has 0 aliphatic rings. The maximum absolute atomic E-state index is 13.1. The van der Waals surface area contributed by atoms with E-state index in [0.717, 1.165) is 35.5 Å². The number of amides is 1. The number of aryl methyl sites for hydroxylation is 2. The lowest BCUT2D eigenvalue weighted by Crippen LogP contribution is -2.33. The number of aliphatic hydroxyl groups is 1. The van der Waals surface area contributed by atoms with Crippen molar-refractivity contribution in [1.29, 1.82) is 0 Å². The Balaban J connectivity index is 1.88. The van der Waals surface area contributed by atoms with Gasteiger partial charge in [0, 0.05) is 18.0 Å². The molecule has 2 aromatic carbocycles.